The number of hydrogen-bond acceptors (Lipinski definition) is 4. The summed E-state index contributed by atoms with van der Waals surface area (Å²) >= 11 is 0. The highest BCUT2D eigenvalue weighted by Gasteiger charge is 2.19. The molecule has 0 aliphatic carbocycles. The van der Waals surface area contributed by atoms with Crippen LogP contribution in [0.2, 0.25) is 0 Å². The average Bonchev–Trinajstić information content (AvgIpc) is 2.58. The third-order valence-corrected chi connectivity index (χ3v) is 3.81. The molecule has 0 unspecified atom stereocenters. The molecular weight excluding hydrogens is 366 g/mol. The van der Waals surface area contributed by atoms with Crippen LogP contribution in [0.1, 0.15) is 23.2 Å². The normalized spacial score (nSPS) is 16.1. The Morgan fingerprint density at radius 3 is 2.72 bits per heavy atom. The minimum Gasteiger partial charge on any atom is -0.348 e. The maximum atomic E-state index is 13.8. The number of nitrogens with one attached hydrogen (secondary N) is 3. The quantitative estimate of drug-likeness (QED) is 0.753. The number of benzene rings is 1. The second-order valence-corrected chi connectivity index (χ2v) is 5.52. The predicted molar refractivity (Wildman–Crippen MR) is 102 cm³/mol. The van der Waals surface area contributed by atoms with Gasteiger partial charge in [0.1, 0.15) is 11.6 Å². The number of para-hydroxylation sites is 1. The van der Waals surface area contributed by atoms with E-state index in [0.29, 0.717) is 17.1 Å². The highest BCUT2D eigenvalue weighted by molar-refractivity contribution is 5.99. The molecule has 1 atom stereocenters. The third kappa shape index (κ3) is 5.56. The highest BCUT2D eigenvalue weighted by Crippen LogP contribution is 2.21. The molecule has 1 aliphatic rings. The summed E-state index contributed by atoms with van der Waals surface area (Å²) in [6, 6.07) is 9.79. The fourth-order valence-electron chi connectivity index (χ4n) is 2.62. The Morgan fingerprint density at radius 1 is 1.20 bits per heavy atom. The summed E-state index contributed by atoms with van der Waals surface area (Å²) in [4.78, 5) is 16.7. The lowest BCUT2D eigenvalue weighted by Crippen LogP contribution is -2.45. The van der Waals surface area contributed by atoms with E-state index >= 15 is 0 Å². The molecule has 1 amide bonds. The Balaban J connectivity index is 0.00000156. The molecule has 8 heteroatoms. The van der Waals surface area contributed by atoms with Gasteiger partial charge in [0.05, 0.1) is 11.3 Å². The van der Waals surface area contributed by atoms with Crippen LogP contribution >= 0.6 is 24.8 Å². The number of carbonyl (C=O) groups is 1. The molecule has 0 spiro atoms. The van der Waals surface area contributed by atoms with Gasteiger partial charge in [0.15, 0.2) is 0 Å². The zero-order valence-electron chi connectivity index (χ0n) is 13.5. The maximum absolute atomic E-state index is 13.8. The van der Waals surface area contributed by atoms with Gasteiger partial charge < -0.3 is 16.0 Å². The number of amides is 1. The minimum atomic E-state index is -0.388. The number of carbonyl (C=O) groups excluding carboxylic acids is 1. The van der Waals surface area contributed by atoms with E-state index in [2.05, 4.69) is 20.9 Å². The molecule has 1 aromatic heterocycles. The smallest absolute Gasteiger partial charge is 0.255 e. The zero-order chi connectivity index (χ0) is 16.1. The average molecular weight is 387 g/mol. The molecule has 25 heavy (non-hydrogen) atoms. The van der Waals surface area contributed by atoms with Gasteiger partial charge in [-0.1, -0.05) is 12.1 Å². The van der Waals surface area contributed by atoms with Gasteiger partial charge >= 0.3 is 0 Å². The summed E-state index contributed by atoms with van der Waals surface area (Å²) in [7, 11) is 0. The van der Waals surface area contributed by atoms with Crippen LogP contribution in [0.5, 0.6) is 0 Å². The maximum Gasteiger partial charge on any atom is 0.255 e. The number of anilines is 2. The van der Waals surface area contributed by atoms with E-state index < -0.39 is 0 Å². The summed E-state index contributed by atoms with van der Waals surface area (Å²) < 4.78 is 13.8. The van der Waals surface area contributed by atoms with Crippen molar-refractivity contribution >= 4 is 42.2 Å². The number of hydrogen-bond donors (Lipinski definition) is 3. The van der Waals surface area contributed by atoms with Crippen LogP contribution in [0.25, 0.3) is 0 Å². The highest BCUT2D eigenvalue weighted by atomic mass is 35.5. The van der Waals surface area contributed by atoms with E-state index in [4.69, 9.17) is 0 Å². The molecule has 2 aromatic rings. The minimum absolute atomic E-state index is 0. The molecule has 1 saturated heterocycles. The molecule has 1 aromatic carbocycles. The Morgan fingerprint density at radius 2 is 2.00 bits per heavy atom. The molecule has 0 radical (unpaired) electrons. The largest absolute Gasteiger partial charge is 0.348 e. The standard InChI is InChI=1S/C17H19FN4O.2ClH/c18-14-7-1-2-8-15(14)22-16-13(6-4-10-20-16)17(23)21-12-5-3-9-19-11-12;;/h1-2,4,6-8,10,12,19H,3,5,9,11H2,(H,20,22)(H,21,23);2*1H/t12-;;/m0../s1. The molecule has 1 aliphatic heterocycles. The summed E-state index contributed by atoms with van der Waals surface area (Å²) in [6.07, 6.45) is 3.56. The van der Waals surface area contributed by atoms with Crippen LogP contribution in [0, 0.1) is 5.82 Å². The predicted octanol–water partition coefficient (Wildman–Crippen LogP) is 3.29. The van der Waals surface area contributed by atoms with Crippen LogP contribution in [0.15, 0.2) is 42.6 Å². The van der Waals surface area contributed by atoms with Crippen molar-refractivity contribution in [3.8, 4) is 0 Å². The summed E-state index contributed by atoms with van der Waals surface area (Å²) in [5.41, 5.74) is 0.695. The van der Waals surface area contributed by atoms with Crippen LogP contribution < -0.4 is 16.0 Å². The van der Waals surface area contributed by atoms with E-state index in [9.17, 15) is 9.18 Å². The lowest BCUT2D eigenvalue weighted by molar-refractivity contribution is 0.0931. The van der Waals surface area contributed by atoms with Gasteiger partial charge in [0.2, 0.25) is 0 Å². The van der Waals surface area contributed by atoms with E-state index in [1.165, 1.54) is 6.07 Å². The van der Waals surface area contributed by atoms with Crippen LogP contribution in [-0.4, -0.2) is 30.0 Å². The topological polar surface area (TPSA) is 66.0 Å². The molecule has 1 fully saturated rings. The van der Waals surface area contributed by atoms with Crippen molar-refractivity contribution in [1.29, 1.82) is 0 Å². The Bertz CT molecular complexity index is 696. The van der Waals surface area contributed by atoms with Crippen molar-refractivity contribution in [1.82, 2.24) is 15.6 Å². The molecular formula is C17H21Cl2FN4O. The van der Waals surface area contributed by atoms with Gasteiger partial charge in [-0.15, -0.1) is 24.8 Å². The number of aromatic nitrogens is 1. The van der Waals surface area contributed by atoms with Crippen molar-refractivity contribution in [3.05, 3.63) is 54.0 Å². The monoisotopic (exact) mass is 386 g/mol. The van der Waals surface area contributed by atoms with Crippen LogP contribution in [-0.2, 0) is 0 Å². The summed E-state index contributed by atoms with van der Waals surface area (Å²) in [6.45, 7) is 1.75. The number of nitrogens with zero attached hydrogens (tertiary/aromatic N) is 1. The Labute approximate surface area is 158 Å². The van der Waals surface area contributed by atoms with Gasteiger partial charge in [-0.3, -0.25) is 4.79 Å². The zero-order valence-corrected chi connectivity index (χ0v) is 15.1. The van der Waals surface area contributed by atoms with E-state index in [1.54, 1.807) is 36.5 Å². The fraction of sp³-hybridized carbons (Fsp3) is 0.294. The lowest BCUT2D eigenvalue weighted by atomic mass is 10.1. The second kappa shape index (κ2) is 10.2. The van der Waals surface area contributed by atoms with Crippen molar-refractivity contribution in [2.24, 2.45) is 0 Å². The number of pyridine rings is 1. The van der Waals surface area contributed by atoms with Gasteiger partial charge in [-0.25, -0.2) is 9.37 Å². The lowest BCUT2D eigenvalue weighted by Gasteiger charge is -2.24. The van der Waals surface area contributed by atoms with E-state index in [1.807, 2.05) is 0 Å². The van der Waals surface area contributed by atoms with Gasteiger partial charge in [0.25, 0.3) is 5.91 Å². The molecule has 5 nitrogen and oxygen atoms in total. The molecule has 3 rings (SSSR count). The first kappa shape index (κ1) is 21.2. The molecule has 3 N–H and O–H groups in total. The Hall–Kier alpha value is -1.89. The number of piperidine rings is 1. The van der Waals surface area contributed by atoms with Gasteiger partial charge in [-0.2, -0.15) is 0 Å². The fourth-order valence-corrected chi connectivity index (χ4v) is 2.62. The van der Waals surface area contributed by atoms with E-state index in [0.717, 1.165) is 25.9 Å². The number of halogens is 3. The van der Waals surface area contributed by atoms with Crippen molar-refractivity contribution < 1.29 is 9.18 Å². The molecule has 136 valence electrons. The molecule has 0 bridgehead atoms. The SMILES string of the molecule is Cl.Cl.O=C(N[C@H]1CCCNC1)c1cccnc1Nc1ccccc1F. The van der Waals surface area contributed by atoms with Crippen molar-refractivity contribution in [2.75, 3.05) is 18.4 Å². The number of rotatable bonds is 4. The van der Waals surface area contributed by atoms with Crippen molar-refractivity contribution in [3.63, 3.8) is 0 Å². The third-order valence-electron chi connectivity index (χ3n) is 3.81. The molecule has 2 heterocycles. The second-order valence-electron chi connectivity index (χ2n) is 5.52. The van der Waals surface area contributed by atoms with Crippen LogP contribution in [0.4, 0.5) is 15.9 Å². The van der Waals surface area contributed by atoms with E-state index in [-0.39, 0.29) is 42.6 Å². The summed E-state index contributed by atoms with van der Waals surface area (Å²) in [5, 5.41) is 9.16. The van der Waals surface area contributed by atoms with Crippen LogP contribution in [0.3, 0.4) is 0 Å². The van der Waals surface area contributed by atoms with Gasteiger partial charge in [0, 0.05) is 18.8 Å². The Kier molecular flexibility index (Phi) is 8.61. The summed E-state index contributed by atoms with van der Waals surface area (Å²) in [5.74, 6) is -0.245. The van der Waals surface area contributed by atoms with Gasteiger partial charge in [-0.05, 0) is 43.7 Å². The first-order chi connectivity index (χ1) is 11.2. The van der Waals surface area contributed by atoms with Crippen molar-refractivity contribution in [2.45, 2.75) is 18.9 Å². The molecule has 0 saturated carbocycles. The first-order valence-corrected chi connectivity index (χ1v) is 7.72. The first-order valence-electron chi connectivity index (χ1n) is 7.72.